The van der Waals surface area contributed by atoms with Gasteiger partial charge in [0.1, 0.15) is 5.75 Å². The average molecular weight is 369 g/mol. The number of aryl methyl sites for hydroxylation is 2. The van der Waals surface area contributed by atoms with Gasteiger partial charge in [-0.05, 0) is 37.6 Å². The van der Waals surface area contributed by atoms with Crippen molar-refractivity contribution in [3.05, 3.63) is 63.7 Å². The smallest absolute Gasteiger partial charge is 0.269 e. The van der Waals surface area contributed by atoms with E-state index in [0.717, 1.165) is 16.8 Å². The number of rotatable bonds is 5. The zero-order chi connectivity index (χ0) is 19.4. The van der Waals surface area contributed by atoms with Crippen LogP contribution in [0.15, 0.2) is 42.5 Å². The van der Waals surface area contributed by atoms with E-state index in [1.165, 1.54) is 6.07 Å². The lowest BCUT2D eigenvalue weighted by atomic mass is 10.1. The molecule has 7 heteroatoms. The normalized spacial score (nSPS) is 14.1. The zero-order valence-electron chi connectivity index (χ0n) is 15.6. The number of hydrogen-bond acceptors (Lipinski definition) is 5. The molecule has 0 saturated carbocycles. The number of non-ortho nitro benzene ring substituents is 1. The highest BCUT2D eigenvalue weighted by molar-refractivity contribution is 5.78. The van der Waals surface area contributed by atoms with Crippen LogP contribution in [-0.4, -0.2) is 48.5 Å². The molecule has 0 bridgehead atoms. The van der Waals surface area contributed by atoms with E-state index in [9.17, 15) is 14.9 Å². The number of ether oxygens (including phenoxy) is 1. The zero-order valence-corrected chi connectivity index (χ0v) is 15.6. The standard InChI is InChI=1S/C20H23N3O4/c1-15-3-6-18(7-4-15)27-14-20(24)22-11-9-21(10-12-22)19-8-5-17(23(25)26)13-16(19)2/h3-8,13H,9-12,14H2,1-2H3. The molecule has 1 fully saturated rings. The van der Waals surface area contributed by atoms with E-state index < -0.39 is 0 Å². The molecule has 0 atom stereocenters. The molecule has 27 heavy (non-hydrogen) atoms. The van der Waals surface area contributed by atoms with Crippen LogP contribution in [0.4, 0.5) is 11.4 Å². The van der Waals surface area contributed by atoms with Crippen molar-refractivity contribution in [2.45, 2.75) is 13.8 Å². The van der Waals surface area contributed by atoms with Gasteiger partial charge in [-0.15, -0.1) is 0 Å². The largest absolute Gasteiger partial charge is 0.484 e. The van der Waals surface area contributed by atoms with Gasteiger partial charge in [0.05, 0.1) is 4.92 Å². The lowest BCUT2D eigenvalue weighted by molar-refractivity contribution is -0.384. The summed E-state index contributed by atoms with van der Waals surface area (Å²) >= 11 is 0. The Balaban J connectivity index is 1.53. The van der Waals surface area contributed by atoms with Gasteiger partial charge in [0.2, 0.25) is 0 Å². The summed E-state index contributed by atoms with van der Waals surface area (Å²) in [4.78, 5) is 26.8. The first kappa shape index (κ1) is 18.7. The lowest BCUT2D eigenvalue weighted by Crippen LogP contribution is -2.50. The number of nitro benzene ring substituents is 1. The molecule has 2 aromatic rings. The molecule has 1 aliphatic heterocycles. The number of hydrogen-bond donors (Lipinski definition) is 0. The number of piperazine rings is 1. The van der Waals surface area contributed by atoms with Gasteiger partial charge in [0.25, 0.3) is 11.6 Å². The third-order valence-corrected chi connectivity index (χ3v) is 4.75. The Morgan fingerprint density at radius 1 is 1.07 bits per heavy atom. The van der Waals surface area contributed by atoms with Crippen molar-refractivity contribution in [1.29, 1.82) is 0 Å². The van der Waals surface area contributed by atoms with Crippen LogP contribution in [0.2, 0.25) is 0 Å². The first-order valence-corrected chi connectivity index (χ1v) is 8.91. The lowest BCUT2D eigenvalue weighted by Gasteiger charge is -2.36. The summed E-state index contributed by atoms with van der Waals surface area (Å²) in [5.41, 5.74) is 3.08. The van der Waals surface area contributed by atoms with E-state index >= 15 is 0 Å². The second kappa shape index (κ2) is 8.07. The predicted molar refractivity (Wildman–Crippen MR) is 103 cm³/mol. The fourth-order valence-corrected chi connectivity index (χ4v) is 3.18. The van der Waals surface area contributed by atoms with Crippen molar-refractivity contribution in [1.82, 2.24) is 4.90 Å². The Hall–Kier alpha value is -3.09. The first-order chi connectivity index (χ1) is 12.9. The van der Waals surface area contributed by atoms with Crippen molar-refractivity contribution in [2.75, 3.05) is 37.7 Å². The molecule has 3 rings (SSSR count). The molecular weight excluding hydrogens is 346 g/mol. The van der Waals surface area contributed by atoms with Crippen molar-refractivity contribution < 1.29 is 14.5 Å². The highest BCUT2D eigenvalue weighted by Gasteiger charge is 2.23. The quantitative estimate of drug-likeness (QED) is 0.598. The number of nitro groups is 1. The molecule has 0 unspecified atom stereocenters. The summed E-state index contributed by atoms with van der Waals surface area (Å²) in [5, 5.41) is 10.9. The predicted octanol–water partition coefficient (Wildman–Crippen LogP) is 2.94. The fraction of sp³-hybridized carbons (Fsp3) is 0.350. The number of carbonyl (C=O) groups is 1. The van der Waals surface area contributed by atoms with Crippen molar-refractivity contribution in [3.63, 3.8) is 0 Å². The van der Waals surface area contributed by atoms with Crippen molar-refractivity contribution in [3.8, 4) is 5.75 Å². The van der Waals surface area contributed by atoms with Crippen LogP contribution in [0.25, 0.3) is 0 Å². The van der Waals surface area contributed by atoms with E-state index in [-0.39, 0.29) is 23.1 Å². The molecule has 0 aliphatic carbocycles. The molecule has 7 nitrogen and oxygen atoms in total. The van der Waals surface area contributed by atoms with Gasteiger partial charge in [-0.2, -0.15) is 0 Å². The number of benzene rings is 2. The highest BCUT2D eigenvalue weighted by Crippen LogP contribution is 2.25. The molecule has 142 valence electrons. The molecule has 1 amide bonds. The molecule has 1 saturated heterocycles. The number of carbonyl (C=O) groups excluding carboxylic acids is 1. The van der Waals surface area contributed by atoms with Crippen LogP contribution >= 0.6 is 0 Å². The molecule has 0 radical (unpaired) electrons. The molecule has 0 N–H and O–H groups in total. The molecular formula is C20H23N3O4. The topological polar surface area (TPSA) is 75.9 Å². The van der Waals surface area contributed by atoms with Gasteiger partial charge in [-0.3, -0.25) is 14.9 Å². The second-order valence-corrected chi connectivity index (χ2v) is 6.70. The molecule has 2 aromatic carbocycles. The van der Waals surface area contributed by atoms with Gasteiger partial charge >= 0.3 is 0 Å². The minimum atomic E-state index is -0.387. The summed E-state index contributed by atoms with van der Waals surface area (Å²) < 4.78 is 5.57. The van der Waals surface area contributed by atoms with Crippen LogP contribution in [0.1, 0.15) is 11.1 Å². The minimum Gasteiger partial charge on any atom is -0.484 e. The van der Waals surface area contributed by atoms with Crippen molar-refractivity contribution in [2.24, 2.45) is 0 Å². The van der Waals surface area contributed by atoms with E-state index in [1.807, 2.05) is 38.1 Å². The molecule has 0 aromatic heterocycles. The number of amides is 1. The van der Waals surface area contributed by atoms with Gasteiger partial charge in [-0.1, -0.05) is 17.7 Å². The van der Waals surface area contributed by atoms with Gasteiger partial charge in [0, 0.05) is 44.0 Å². The van der Waals surface area contributed by atoms with Gasteiger partial charge in [-0.25, -0.2) is 0 Å². The summed E-state index contributed by atoms with van der Waals surface area (Å²) in [6.07, 6.45) is 0. The van der Waals surface area contributed by atoms with Crippen LogP contribution in [-0.2, 0) is 4.79 Å². The maximum absolute atomic E-state index is 12.4. The van der Waals surface area contributed by atoms with E-state index in [1.54, 1.807) is 17.0 Å². The first-order valence-electron chi connectivity index (χ1n) is 8.91. The Bertz CT molecular complexity index is 828. The van der Waals surface area contributed by atoms with Crippen molar-refractivity contribution >= 4 is 17.3 Å². The Kier molecular flexibility index (Phi) is 5.59. The van der Waals surface area contributed by atoms with Gasteiger partial charge < -0.3 is 14.5 Å². The Morgan fingerprint density at radius 2 is 1.74 bits per heavy atom. The monoisotopic (exact) mass is 369 g/mol. The number of anilines is 1. The molecule has 1 aliphatic rings. The van der Waals surface area contributed by atoms with E-state index in [4.69, 9.17) is 4.74 Å². The van der Waals surface area contributed by atoms with E-state index in [2.05, 4.69) is 4.90 Å². The summed E-state index contributed by atoms with van der Waals surface area (Å²) in [6, 6.07) is 12.5. The summed E-state index contributed by atoms with van der Waals surface area (Å²) in [7, 11) is 0. The number of nitrogens with zero attached hydrogens (tertiary/aromatic N) is 3. The van der Waals surface area contributed by atoms with E-state index in [0.29, 0.717) is 31.9 Å². The van der Waals surface area contributed by atoms with Crippen LogP contribution in [0.5, 0.6) is 5.75 Å². The Morgan fingerprint density at radius 3 is 2.33 bits per heavy atom. The van der Waals surface area contributed by atoms with Crippen LogP contribution in [0.3, 0.4) is 0 Å². The SMILES string of the molecule is Cc1ccc(OCC(=O)N2CCN(c3ccc([N+](=O)[O-])cc3C)CC2)cc1. The third-order valence-electron chi connectivity index (χ3n) is 4.75. The highest BCUT2D eigenvalue weighted by atomic mass is 16.6. The fourth-order valence-electron chi connectivity index (χ4n) is 3.18. The average Bonchev–Trinajstić information content (AvgIpc) is 2.67. The summed E-state index contributed by atoms with van der Waals surface area (Å²) in [6.45, 7) is 6.48. The van der Waals surface area contributed by atoms with Crippen LogP contribution < -0.4 is 9.64 Å². The third kappa shape index (κ3) is 4.55. The Labute approximate surface area is 158 Å². The maximum Gasteiger partial charge on any atom is 0.269 e. The maximum atomic E-state index is 12.4. The minimum absolute atomic E-state index is 0.0274. The molecule has 0 spiro atoms. The molecule has 1 heterocycles. The van der Waals surface area contributed by atoms with Crippen LogP contribution in [0, 0.1) is 24.0 Å². The summed E-state index contributed by atoms with van der Waals surface area (Å²) in [5.74, 6) is 0.657. The second-order valence-electron chi connectivity index (χ2n) is 6.70. The van der Waals surface area contributed by atoms with Gasteiger partial charge in [0.15, 0.2) is 6.61 Å².